The van der Waals surface area contributed by atoms with Gasteiger partial charge in [-0.1, -0.05) is 18.2 Å². The van der Waals surface area contributed by atoms with Crippen LogP contribution in [0.1, 0.15) is 30.5 Å². The zero-order valence-corrected chi connectivity index (χ0v) is 14.7. The number of rotatable bonds is 3. The third-order valence-electron chi connectivity index (χ3n) is 4.67. The van der Waals surface area contributed by atoms with Crippen molar-refractivity contribution in [3.8, 4) is 5.75 Å². The van der Waals surface area contributed by atoms with Gasteiger partial charge in [0.15, 0.2) is 0 Å². The number of ether oxygens (including phenoxy) is 1. The normalized spacial score (nSPS) is 16.6. The second kappa shape index (κ2) is 6.59. The number of methoxy groups -OCH3 is 1. The molecular weight excluding hydrogens is 326 g/mol. The van der Waals surface area contributed by atoms with E-state index in [0.29, 0.717) is 6.42 Å². The third kappa shape index (κ3) is 2.92. The highest BCUT2D eigenvalue weighted by Gasteiger charge is 2.31. The molecule has 26 heavy (non-hydrogen) atoms. The smallest absolute Gasteiger partial charge is 0.240 e. The van der Waals surface area contributed by atoms with Crippen molar-refractivity contribution in [2.24, 2.45) is 5.10 Å². The fraction of sp³-hybridized carbons (Fsp3) is 0.190. The molecule has 5 nitrogen and oxygen atoms in total. The Labute approximate surface area is 151 Å². The first kappa shape index (κ1) is 16.3. The number of amides is 1. The highest BCUT2D eigenvalue weighted by Crippen LogP contribution is 2.34. The fourth-order valence-corrected chi connectivity index (χ4v) is 3.31. The Bertz CT molecular complexity index is 996. The number of benzene rings is 2. The molecule has 0 saturated heterocycles. The molecule has 0 bridgehead atoms. The number of carbonyl (C=O) groups is 1. The van der Waals surface area contributed by atoms with Crippen molar-refractivity contribution in [2.45, 2.75) is 19.4 Å². The van der Waals surface area contributed by atoms with Crippen molar-refractivity contribution >= 4 is 22.5 Å². The van der Waals surface area contributed by atoms with Gasteiger partial charge in [0.1, 0.15) is 5.75 Å². The Morgan fingerprint density at radius 1 is 1.15 bits per heavy atom. The number of aromatic nitrogens is 1. The Morgan fingerprint density at radius 3 is 2.69 bits per heavy atom. The summed E-state index contributed by atoms with van der Waals surface area (Å²) in [5.41, 5.74) is 3.86. The molecule has 0 unspecified atom stereocenters. The summed E-state index contributed by atoms with van der Waals surface area (Å²) in [7, 11) is 1.64. The second-order valence-corrected chi connectivity index (χ2v) is 6.31. The van der Waals surface area contributed by atoms with Crippen LogP contribution in [0, 0.1) is 0 Å². The average Bonchev–Trinajstić information content (AvgIpc) is 3.13. The Kier molecular flexibility index (Phi) is 4.13. The molecular formula is C21H19N3O2. The van der Waals surface area contributed by atoms with Gasteiger partial charge in [-0.3, -0.25) is 9.78 Å². The molecule has 2 heterocycles. The van der Waals surface area contributed by atoms with Gasteiger partial charge >= 0.3 is 0 Å². The lowest BCUT2D eigenvalue weighted by atomic mass is 9.97. The van der Waals surface area contributed by atoms with Crippen LogP contribution >= 0.6 is 0 Å². The van der Waals surface area contributed by atoms with E-state index in [1.165, 1.54) is 0 Å². The van der Waals surface area contributed by atoms with E-state index < -0.39 is 0 Å². The summed E-state index contributed by atoms with van der Waals surface area (Å²) < 4.78 is 5.21. The van der Waals surface area contributed by atoms with E-state index >= 15 is 0 Å². The SMILES string of the molecule is COc1ccc(C2=NN(C(C)=O)[C@@H](c3ccc4cccnc4c3)C2)cc1. The highest BCUT2D eigenvalue weighted by atomic mass is 16.5. The van der Waals surface area contributed by atoms with Crippen LogP contribution in [-0.4, -0.2) is 28.7 Å². The van der Waals surface area contributed by atoms with E-state index in [9.17, 15) is 4.79 Å². The molecule has 0 spiro atoms. The molecule has 1 aliphatic heterocycles. The first-order valence-corrected chi connectivity index (χ1v) is 8.52. The second-order valence-electron chi connectivity index (χ2n) is 6.31. The summed E-state index contributed by atoms with van der Waals surface area (Å²) >= 11 is 0. The maximum absolute atomic E-state index is 12.2. The summed E-state index contributed by atoms with van der Waals surface area (Å²) in [6, 6.07) is 17.7. The van der Waals surface area contributed by atoms with Crippen LogP contribution in [0.4, 0.5) is 0 Å². The van der Waals surface area contributed by atoms with Crippen molar-refractivity contribution < 1.29 is 9.53 Å². The minimum atomic E-state index is -0.115. The van der Waals surface area contributed by atoms with Gasteiger partial charge in [-0.05, 0) is 47.5 Å². The predicted molar refractivity (Wildman–Crippen MR) is 101 cm³/mol. The molecule has 0 fully saturated rings. The van der Waals surface area contributed by atoms with Gasteiger partial charge < -0.3 is 4.74 Å². The molecule has 3 aromatic rings. The Balaban J connectivity index is 1.68. The predicted octanol–water partition coefficient (Wildman–Crippen LogP) is 3.94. The minimum absolute atomic E-state index is 0.0698. The van der Waals surface area contributed by atoms with Gasteiger partial charge in [0.25, 0.3) is 0 Å². The van der Waals surface area contributed by atoms with Gasteiger partial charge in [0.2, 0.25) is 5.91 Å². The first-order chi connectivity index (χ1) is 12.7. The highest BCUT2D eigenvalue weighted by molar-refractivity contribution is 6.03. The number of carbonyl (C=O) groups excluding carboxylic acids is 1. The molecule has 2 aromatic carbocycles. The van der Waals surface area contributed by atoms with Gasteiger partial charge in [0.05, 0.1) is 24.4 Å². The lowest BCUT2D eigenvalue weighted by Crippen LogP contribution is -2.24. The van der Waals surface area contributed by atoms with Crippen molar-refractivity contribution in [2.75, 3.05) is 7.11 Å². The Morgan fingerprint density at radius 2 is 1.96 bits per heavy atom. The fourth-order valence-electron chi connectivity index (χ4n) is 3.31. The van der Waals surface area contributed by atoms with Crippen molar-refractivity contribution in [1.82, 2.24) is 9.99 Å². The third-order valence-corrected chi connectivity index (χ3v) is 4.67. The summed E-state index contributed by atoms with van der Waals surface area (Å²) in [5.74, 6) is 0.729. The molecule has 1 aliphatic rings. The Hall–Kier alpha value is -3.21. The van der Waals surface area contributed by atoms with Crippen molar-refractivity contribution in [1.29, 1.82) is 0 Å². The number of hydrogen-bond donors (Lipinski definition) is 0. The lowest BCUT2D eigenvalue weighted by molar-refractivity contribution is -0.130. The van der Waals surface area contributed by atoms with E-state index in [0.717, 1.165) is 33.5 Å². The van der Waals surface area contributed by atoms with Crippen LogP contribution in [0.25, 0.3) is 10.9 Å². The molecule has 1 amide bonds. The van der Waals surface area contributed by atoms with Crippen LogP contribution < -0.4 is 4.74 Å². The van der Waals surface area contributed by atoms with Gasteiger partial charge in [0, 0.05) is 24.9 Å². The zero-order chi connectivity index (χ0) is 18.1. The van der Waals surface area contributed by atoms with Crippen LogP contribution in [0.15, 0.2) is 65.9 Å². The molecule has 0 saturated carbocycles. The van der Waals surface area contributed by atoms with E-state index in [1.807, 2.05) is 48.5 Å². The summed E-state index contributed by atoms with van der Waals surface area (Å²) in [6.07, 6.45) is 2.45. The van der Waals surface area contributed by atoms with Crippen LogP contribution in [-0.2, 0) is 4.79 Å². The first-order valence-electron chi connectivity index (χ1n) is 8.52. The number of fused-ring (bicyclic) bond motifs is 1. The van der Waals surface area contributed by atoms with Gasteiger partial charge in [-0.2, -0.15) is 5.10 Å². The van der Waals surface area contributed by atoms with Crippen molar-refractivity contribution in [3.05, 3.63) is 71.9 Å². The summed E-state index contributed by atoms with van der Waals surface area (Å²) in [4.78, 5) is 16.6. The van der Waals surface area contributed by atoms with Crippen LogP contribution in [0.2, 0.25) is 0 Å². The largest absolute Gasteiger partial charge is 0.497 e. The number of hydrogen-bond acceptors (Lipinski definition) is 4. The van der Waals surface area contributed by atoms with E-state index in [2.05, 4.69) is 16.2 Å². The summed E-state index contributed by atoms with van der Waals surface area (Å²) in [5, 5.41) is 7.25. The molecule has 5 heteroatoms. The number of pyridine rings is 1. The lowest BCUT2D eigenvalue weighted by Gasteiger charge is -2.20. The molecule has 0 N–H and O–H groups in total. The average molecular weight is 345 g/mol. The van der Waals surface area contributed by atoms with Crippen LogP contribution in [0.5, 0.6) is 5.75 Å². The maximum atomic E-state index is 12.2. The molecule has 1 atom stereocenters. The minimum Gasteiger partial charge on any atom is -0.497 e. The monoisotopic (exact) mass is 345 g/mol. The van der Waals surface area contributed by atoms with Crippen molar-refractivity contribution in [3.63, 3.8) is 0 Å². The standard InChI is InChI=1S/C21H19N3O2/c1-14(25)24-21(17-6-5-15-4-3-11-22-19(15)12-17)13-20(23-24)16-7-9-18(26-2)10-8-16/h3-12,21H,13H2,1-2H3/t21-/m1/s1. The molecule has 1 aromatic heterocycles. The molecule has 0 radical (unpaired) electrons. The quantitative estimate of drug-likeness (QED) is 0.722. The van der Waals surface area contributed by atoms with E-state index in [1.54, 1.807) is 25.2 Å². The van der Waals surface area contributed by atoms with E-state index in [-0.39, 0.29) is 11.9 Å². The van der Waals surface area contributed by atoms with Gasteiger partial charge in [-0.25, -0.2) is 5.01 Å². The van der Waals surface area contributed by atoms with Crippen LogP contribution in [0.3, 0.4) is 0 Å². The molecule has 130 valence electrons. The van der Waals surface area contributed by atoms with Gasteiger partial charge in [-0.15, -0.1) is 0 Å². The van der Waals surface area contributed by atoms with E-state index in [4.69, 9.17) is 4.74 Å². The zero-order valence-electron chi connectivity index (χ0n) is 14.7. The topological polar surface area (TPSA) is 54.8 Å². The number of nitrogens with zero attached hydrogens (tertiary/aromatic N) is 3. The maximum Gasteiger partial charge on any atom is 0.240 e. The molecule has 0 aliphatic carbocycles. The summed E-state index contributed by atoms with van der Waals surface area (Å²) in [6.45, 7) is 1.55. The number of hydrazone groups is 1. The molecule has 4 rings (SSSR count).